The molecule has 2 aliphatic rings. The maximum Gasteiger partial charge on any atom is 0.214 e. The number of aromatic amines is 1. The van der Waals surface area contributed by atoms with Crippen molar-refractivity contribution in [3.8, 4) is 11.3 Å². The molecule has 1 aliphatic heterocycles. The highest BCUT2D eigenvalue weighted by Crippen LogP contribution is 2.46. The number of hydrogen-bond donors (Lipinski definition) is 1. The van der Waals surface area contributed by atoms with Crippen molar-refractivity contribution < 1.29 is 8.42 Å². The van der Waals surface area contributed by atoms with Crippen LogP contribution in [-0.2, 0) is 21.9 Å². The van der Waals surface area contributed by atoms with Crippen molar-refractivity contribution in [2.75, 3.05) is 18.8 Å². The van der Waals surface area contributed by atoms with Gasteiger partial charge in [-0.15, -0.1) is 0 Å². The molecular weight excluding hydrogens is 348 g/mol. The molecule has 2 aromatic rings. The Hall–Kier alpha value is -1.73. The molecule has 1 saturated heterocycles. The van der Waals surface area contributed by atoms with Gasteiger partial charge in [-0.05, 0) is 44.2 Å². The van der Waals surface area contributed by atoms with E-state index in [4.69, 9.17) is 0 Å². The van der Waals surface area contributed by atoms with Crippen LogP contribution in [0.1, 0.15) is 50.3 Å². The molecule has 26 heavy (non-hydrogen) atoms. The Morgan fingerprint density at radius 1 is 1.35 bits per heavy atom. The quantitative estimate of drug-likeness (QED) is 0.873. The Kier molecular flexibility index (Phi) is 4.61. The first-order valence-corrected chi connectivity index (χ1v) is 11.1. The molecule has 1 atom stereocenters. The van der Waals surface area contributed by atoms with Crippen LogP contribution in [0.2, 0.25) is 0 Å². The Labute approximate surface area is 155 Å². The van der Waals surface area contributed by atoms with Crippen LogP contribution in [0.4, 0.5) is 0 Å². The van der Waals surface area contributed by atoms with Gasteiger partial charge >= 0.3 is 0 Å². The van der Waals surface area contributed by atoms with Crippen LogP contribution < -0.4 is 0 Å². The summed E-state index contributed by atoms with van der Waals surface area (Å²) in [5.41, 5.74) is 4.28. The Morgan fingerprint density at radius 3 is 3.00 bits per heavy atom. The summed E-state index contributed by atoms with van der Waals surface area (Å²) in [6.07, 6.45) is 9.19. The van der Waals surface area contributed by atoms with Gasteiger partial charge in [-0.2, -0.15) is 5.10 Å². The van der Waals surface area contributed by atoms with Crippen molar-refractivity contribution in [2.45, 2.75) is 50.9 Å². The van der Waals surface area contributed by atoms with Gasteiger partial charge in [0, 0.05) is 47.7 Å². The maximum atomic E-state index is 12.6. The summed E-state index contributed by atoms with van der Waals surface area (Å²) < 4.78 is 27.0. The molecule has 1 N–H and O–H groups in total. The first-order valence-electron chi connectivity index (χ1n) is 9.52. The van der Waals surface area contributed by atoms with Gasteiger partial charge in [0.25, 0.3) is 0 Å². The minimum Gasteiger partial charge on any atom is -0.281 e. The molecule has 3 heterocycles. The highest BCUT2D eigenvalue weighted by Gasteiger charge is 2.47. The van der Waals surface area contributed by atoms with Crippen LogP contribution >= 0.6 is 0 Å². The third-order valence-electron chi connectivity index (χ3n) is 5.88. The number of aromatic nitrogens is 3. The predicted octanol–water partition coefficient (Wildman–Crippen LogP) is 2.88. The second kappa shape index (κ2) is 6.78. The van der Waals surface area contributed by atoms with Crippen molar-refractivity contribution in [3.05, 3.63) is 35.8 Å². The number of nitrogens with zero attached hydrogens (tertiary/aromatic N) is 3. The van der Waals surface area contributed by atoms with Crippen LogP contribution in [0.15, 0.2) is 24.5 Å². The van der Waals surface area contributed by atoms with E-state index in [-0.39, 0.29) is 11.2 Å². The molecule has 0 amide bonds. The van der Waals surface area contributed by atoms with Gasteiger partial charge in [-0.3, -0.25) is 10.1 Å². The molecule has 0 radical (unpaired) electrons. The Bertz CT molecular complexity index is 878. The molecule has 0 bridgehead atoms. The van der Waals surface area contributed by atoms with E-state index in [1.165, 1.54) is 5.56 Å². The summed E-state index contributed by atoms with van der Waals surface area (Å²) in [5.74, 6) is 0.260. The predicted molar refractivity (Wildman–Crippen MR) is 101 cm³/mol. The number of unbranched alkanes of at least 4 members (excludes halogenated alkanes) is 1. The zero-order valence-electron chi connectivity index (χ0n) is 15.2. The number of rotatable bonds is 5. The summed E-state index contributed by atoms with van der Waals surface area (Å²) in [6, 6.07) is 3.95. The van der Waals surface area contributed by atoms with Crippen LogP contribution in [0.5, 0.6) is 0 Å². The third-order valence-corrected chi connectivity index (χ3v) is 7.79. The number of sulfonamides is 1. The molecule has 4 rings (SSSR count). The van der Waals surface area contributed by atoms with Gasteiger partial charge in [-0.1, -0.05) is 13.3 Å². The Balaban J connectivity index is 1.64. The van der Waals surface area contributed by atoms with Crippen molar-refractivity contribution in [1.29, 1.82) is 0 Å². The van der Waals surface area contributed by atoms with E-state index in [0.717, 1.165) is 55.5 Å². The fraction of sp³-hybridized carbons (Fsp3) is 0.579. The van der Waals surface area contributed by atoms with Crippen LogP contribution in [0.3, 0.4) is 0 Å². The van der Waals surface area contributed by atoms with Gasteiger partial charge in [0.1, 0.15) is 0 Å². The molecule has 7 heteroatoms. The summed E-state index contributed by atoms with van der Waals surface area (Å²) in [5, 5.41) is 7.86. The van der Waals surface area contributed by atoms with Gasteiger partial charge in [0.05, 0.1) is 11.4 Å². The van der Waals surface area contributed by atoms with Crippen LogP contribution in [-0.4, -0.2) is 46.7 Å². The fourth-order valence-electron chi connectivity index (χ4n) is 4.45. The van der Waals surface area contributed by atoms with Crippen molar-refractivity contribution in [3.63, 3.8) is 0 Å². The van der Waals surface area contributed by atoms with E-state index < -0.39 is 10.0 Å². The first kappa shape index (κ1) is 17.7. The molecule has 0 aromatic carbocycles. The molecule has 140 valence electrons. The summed E-state index contributed by atoms with van der Waals surface area (Å²) >= 11 is 0. The van der Waals surface area contributed by atoms with Crippen molar-refractivity contribution in [2.24, 2.45) is 0 Å². The zero-order chi connectivity index (χ0) is 18.2. The van der Waals surface area contributed by atoms with Gasteiger partial charge < -0.3 is 0 Å². The smallest absolute Gasteiger partial charge is 0.214 e. The van der Waals surface area contributed by atoms with Gasteiger partial charge in [0.2, 0.25) is 10.0 Å². The van der Waals surface area contributed by atoms with Gasteiger partial charge in [-0.25, -0.2) is 12.7 Å². The van der Waals surface area contributed by atoms with Crippen LogP contribution in [0.25, 0.3) is 11.3 Å². The lowest BCUT2D eigenvalue weighted by atomic mass is 9.72. The van der Waals surface area contributed by atoms with E-state index >= 15 is 0 Å². The minimum absolute atomic E-state index is 0.111. The standard InChI is InChI=1S/C19H26N4O2S/c1-2-3-12-26(24,25)23-11-9-19(14-23)8-4-7-16-17(21-22-18(16)19)15-6-5-10-20-13-15/h5-6,10,13H,2-4,7-9,11-12,14H2,1H3,(H,21,22). The number of hydrogen-bond acceptors (Lipinski definition) is 4. The zero-order valence-corrected chi connectivity index (χ0v) is 16.1. The molecule has 1 fully saturated rings. The average Bonchev–Trinajstić information content (AvgIpc) is 3.27. The second-order valence-corrected chi connectivity index (χ2v) is 9.64. The highest BCUT2D eigenvalue weighted by molar-refractivity contribution is 7.89. The molecule has 1 aliphatic carbocycles. The molecule has 2 aromatic heterocycles. The first-order chi connectivity index (χ1) is 12.6. The van der Waals surface area contributed by atoms with Crippen molar-refractivity contribution in [1.82, 2.24) is 19.5 Å². The molecule has 0 saturated carbocycles. The summed E-state index contributed by atoms with van der Waals surface area (Å²) in [7, 11) is -3.16. The van der Waals surface area contributed by atoms with Crippen LogP contribution in [0, 0.1) is 0 Å². The lowest BCUT2D eigenvalue weighted by Gasteiger charge is -2.33. The van der Waals surface area contributed by atoms with E-state index in [1.807, 2.05) is 25.3 Å². The average molecular weight is 375 g/mol. The third kappa shape index (κ3) is 2.97. The number of H-pyrrole nitrogens is 1. The Morgan fingerprint density at radius 2 is 2.23 bits per heavy atom. The number of fused-ring (bicyclic) bond motifs is 2. The molecular formula is C19H26N4O2S. The molecule has 1 unspecified atom stereocenters. The lowest BCUT2D eigenvalue weighted by molar-refractivity contribution is 0.358. The number of nitrogens with one attached hydrogen (secondary N) is 1. The minimum atomic E-state index is -3.16. The van der Waals surface area contributed by atoms with Crippen molar-refractivity contribution >= 4 is 10.0 Å². The highest BCUT2D eigenvalue weighted by atomic mass is 32.2. The summed E-state index contributed by atoms with van der Waals surface area (Å²) in [6.45, 7) is 3.23. The van der Waals surface area contributed by atoms with E-state index in [1.54, 1.807) is 10.5 Å². The van der Waals surface area contributed by atoms with Gasteiger partial charge in [0.15, 0.2) is 0 Å². The van der Waals surface area contributed by atoms with E-state index in [2.05, 4.69) is 15.2 Å². The second-order valence-electron chi connectivity index (χ2n) is 7.55. The largest absolute Gasteiger partial charge is 0.281 e. The lowest BCUT2D eigenvalue weighted by Crippen LogP contribution is -2.37. The maximum absolute atomic E-state index is 12.6. The molecule has 6 nitrogen and oxygen atoms in total. The normalized spacial score (nSPS) is 23.4. The SMILES string of the molecule is CCCCS(=O)(=O)N1CCC2(CCCc3c(-c4cccnc4)n[nH]c32)C1. The fourth-order valence-corrected chi connectivity index (χ4v) is 6.18. The van der Waals surface area contributed by atoms with E-state index in [0.29, 0.717) is 13.1 Å². The topological polar surface area (TPSA) is 79.0 Å². The number of pyridine rings is 1. The summed E-state index contributed by atoms with van der Waals surface area (Å²) in [4.78, 5) is 4.21. The molecule has 1 spiro atoms. The monoisotopic (exact) mass is 374 g/mol. The van der Waals surface area contributed by atoms with E-state index in [9.17, 15) is 8.42 Å².